The van der Waals surface area contributed by atoms with E-state index in [-0.39, 0.29) is 0 Å². The molecule has 0 aliphatic heterocycles. The third-order valence-corrected chi connectivity index (χ3v) is 3.53. The van der Waals surface area contributed by atoms with Gasteiger partial charge < -0.3 is 5.73 Å². The highest BCUT2D eigenvalue weighted by molar-refractivity contribution is 7.22. The number of nitrogens with two attached hydrogens (primary N) is 1. The van der Waals surface area contributed by atoms with Crippen LogP contribution in [0.1, 0.15) is 5.56 Å². The number of anilines is 1. The number of thiazole rings is 1. The van der Waals surface area contributed by atoms with Crippen LogP contribution in [-0.2, 0) is 0 Å². The molecule has 0 saturated carbocycles. The molecule has 0 radical (unpaired) electrons. The van der Waals surface area contributed by atoms with Gasteiger partial charge in [-0.25, -0.2) is 15.0 Å². The quantitative estimate of drug-likeness (QED) is 0.763. The number of nitrogen functional groups attached to an aromatic ring is 1. The summed E-state index contributed by atoms with van der Waals surface area (Å²) in [6.45, 7) is 3.83. The Hall–Kier alpha value is -2.27. The maximum Gasteiger partial charge on any atom is 0.181 e. The van der Waals surface area contributed by atoms with Gasteiger partial charge in [0.2, 0.25) is 0 Å². The molecule has 2 aromatic heterocycles. The van der Waals surface area contributed by atoms with Gasteiger partial charge in [-0.1, -0.05) is 30.1 Å². The van der Waals surface area contributed by atoms with E-state index < -0.39 is 0 Å². The van der Waals surface area contributed by atoms with Crippen molar-refractivity contribution in [3.05, 3.63) is 43.0 Å². The molecule has 0 bridgehead atoms. The fourth-order valence-electron chi connectivity index (χ4n) is 1.93. The molecule has 0 spiro atoms. The van der Waals surface area contributed by atoms with Crippen molar-refractivity contribution in [1.29, 1.82) is 0 Å². The van der Waals surface area contributed by atoms with Gasteiger partial charge in [-0.2, -0.15) is 0 Å². The molecule has 0 atom stereocenters. The average Bonchev–Trinajstić information content (AvgIpc) is 2.78. The van der Waals surface area contributed by atoms with Crippen molar-refractivity contribution in [3.63, 3.8) is 0 Å². The Kier molecular flexibility index (Phi) is 2.53. The number of benzene rings is 1. The van der Waals surface area contributed by atoms with Gasteiger partial charge in [-0.05, 0) is 11.6 Å². The molecule has 2 heterocycles. The smallest absolute Gasteiger partial charge is 0.181 e. The average molecular weight is 254 g/mol. The number of fused-ring (bicyclic) bond motifs is 1. The van der Waals surface area contributed by atoms with E-state index in [1.807, 2.05) is 12.1 Å². The molecule has 0 amide bonds. The summed E-state index contributed by atoms with van der Waals surface area (Å²) in [5.41, 5.74) is 9.56. The maximum absolute atomic E-state index is 5.78. The van der Waals surface area contributed by atoms with Crippen LogP contribution in [0.3, 0.4) is 0 Å². The third-order valence-electron chi connectivity index (χ3n) is 2.68. The summed E-state index contributed by atoms with van der Waals surface area (Å²) < 4.78 is 1.05. The van der Waals surface area contributed by atoms with Crippen LogP contribution in [0, 0.1) is 0 Å². The normalized spacial score (nSPS) is 10.7. The molecular weight excluding hydrogens is 244 g/mol. The first-order valence-electron chi connectivity index (χ1n) is 5.36. The summed E-state index contributed by atoms with van der Waals surface area (Å²) in [6, 6.07) is 4.02. The molecule has 0 saturated heterocycles. The largest absolute Gasteiger partial charge is 0.375 e. The second-order valence-electron chi connectivity index (χ2n) is 3.76. The van der Waals surface area contributed by atoms with Crippen LogP contribution in [0.25, 0.3) is 27.4 Å². The highest BCUT2D eigenvalue weighted by Gasteiger charge is 2.12. The lowest BCUT2D eigenvalue weighted by atomic mass is 10.0. The van der Waals surface area contributed by atoms with Crippen molar-refractivity contribution in [1.82, 2.24) is 15.0 Å². The molecule has 5 heteroatoms. The lowest BCUT2D eigenvalue weighted by Gasteiger charge is -2.06. The zero-order valence-corrected chi connectivity index (χ0v) is 10.3. The van der Waals surface area contributed by atoms with E-state index in [9.17, 15) is 0 Å². The maximum atomic E-state index is 5.78. The van der Waals surface area contributed by atoms with Gasteiger partial charge in [-0.3, -0.25) is 0 Å². The van der Waals surface area contributed by atoms with Crippen LogP contribution < -0.4 is 5.73 Å². The number of aromatic nitrogens is 3. The molecule has 4 nitrogen and oxygen atoms in total. The number of hydrogen-bond acceptors (Lipinski definition) is 5. The van der Waals surface area contributed by atoms with Crippen molar-refractivity contribution in [2.75, 3.05) is 5.73 Å². The van der Waals surface area contributed by atoms with E-state index in [1.165, 1.54) is 17.7 Å². The molecule has 18 heavy (non-hydrogen) atoms. The first kappa shape index (κ1) is 10.9. The Morgan fingerprint density at radius 2 is 2.00 bits per heavy atom. The van der Waals surface area contributed by atoms with Gasteiger partial charge in [0.15, 0.2) is 5.13 Å². The highest BCUT2D eigenvalue weighted by Crippen LogP contribution is 2.35. The van der Waals surface area contributed by atoms with Gasteiger partial charge in [0, 0.05) is 23.5 Å². The van der Waals surface area contributed by atoms with Crippen molar-refractivity contribution >= 4 is 32.8 Å². The van der Waals surface area contributed by atoms with E-state index in [0.717, 1.165) is 26.9 Å². The van der Waals surface area contributed by atoms with Crippen LogP contribution in [0.4, 0.5) is 5.13 Å². The third kappa shape index (κ3) is 1.65. The second-order valence-corrected chi connectivity index (χ2v) is 4.82. The summed E-state index contributed by atoms with van der Waals surface area (Å²) >= 11 is 1.47. The minimum atomic E-state index is 0.560. The van der Waals surface area contributed by atoms with Gasteiger partial charge in [0.25, 0.3) is 0 Å². The molecule has 0 fully saturated rings. The molecule has 0 unspecified atom stereocenters. The van der Waals surface area contributed by atoms with Crippen molar-refractivity contribution in [2.45, 2.75) is 0 Å². The summed E-state index contributed by atoms with van der Waals surface area (Å²) in [4.78, 5) is 12.5. The SMILES string of the molecule is C=Cc1ccc2sc(N)nc2c1-c1cncnc1. The highest BCUT2D eigenvalue weighted by atomic mass is 32.1. The van der Waals surface area contributed by atoms with Crippen LogP contribution in [0.2, 0.25) is 0 Å². The van der Waals surface area contributed by atoms with Crippen LogP contribution >= 0.6 is 11.3 Å². The Morgan fingerprint density at radius 1 is 1.22 bits per heavy atom. The molecule has 1 aromatic carbocycles. The van der Waals surface area contributed by atoms with E-state index >= 15 is 0 Å². The predicted octanol–water partition coefficient (Wildman–Crippen LogP) is 2.98. The Balaban J connectivity index is 2.40. The van der Waals surface area contributed by atoms with Crippen LogP contribution in [0.15, 0.2) is 37.4 Å². The number of hydrogen-bond donors (Lipinski definition) is 1. The van der Waals surface area contributed by atoms with Crippen molar-refractivity contribution in [2.24, 2.45) is 0 Å². The molecule has 88 valence electrons. The fourth-order valence-corrected chi connectivity index (χ4v) is 2.67. The van der Waals surface area contributed by atoms with Crippen molar-refractivity contribution in [3.8, 4) is 11.1 Å². The standard InChI is InChI=1S/C13H10N4S/c1-2-8-3-4-10-12(17-13(14)18-10)11(8)9-5-15-7-16-6-9/h2-7H,1H2,(H2,14,17). The minimum Gasteiger partial charge on any atom is -0.375 e. The predicted molar refractivity (Wildman–Crippen MR) is 75.1 cm³/mol. The summed E-state index contributed by atoms with van der Waals surface area (Å²) in [5.74, 6) is 0. The van der Waals surface area contributed by atoms with Gasteiger partial charge in [0.1, 0.15) is 6.33 Å². The van der Waals surface area contributed by atoms with Crippen molar-refractivity contribution < 1.29 is 0 Å². The van der Waals surface area contributed by atoms with E-state index in [0.29, 0.717) is 5.13 Å². The second kappa shape index (κ2) is 4.19. The molecule has 0 aliphatic rings. The minimum absolute atomic E-state index is 0.560. The summed E-state index contributed by atoms with van der Waals surface area (Å²) in [5, 5.41) is 0.560. The molecule has 2 N–H and O–H groups in total. The monoisotopic (exact) mass is 254 g/mol. The summed E-state index contributed by atoms with van der Waals surface area (Å²) in [6.07, 6.45) is 6.85. The number of rotatable bonds is 2. The first-order valence-corrected chi connectivity index (χ1v) is 6.18. The van der Waals surface area contributed by atoms with Crippen LogP contribution in [0.5, 0.6) is 0 Å². The Labute approximate surface area is 108 Å². The Morgan fingerprint density at radius 3 is 2.72 bits per heavy atom. The van der Waals surface area contributed by atoms with E-state index in [4.69, 9.17) is 5.73 Å². The van der Waals surface area contributed by atoms with Crippen LogP contribution in [-0.4, -0.2) is 15.0 Å². The molecular formula is C13H10N4S. The topological polar surface area (TPSA) is 64.7 Å². The van der Waals surface area contributed by atoms with E-state index in [2.05, 4.69) is 21.5 Å². The molecule has 0 aliphatic carbocycles. The van der Waals surface area contributed by atoms with Gasteiger partial charge in [-0.15, -0.1) is 0 Å². The first-order chi connectivity index (χ1) is 8.79. The number of nitrogens with zero attached hydrogens (tertiary/aromatic N) is 3. The molecule has 3 rings (SSSR count). The zero-order chi connectivity index (χ0) is 12.5. The van der Waals surface area contributed by atoms with Gasteiger partial charge in [0.05, 0.1) is 10.2 Å². The lowest BCUT2D eigenvalue weighted by Crippen LogP contribution is -1.88. The van der Waals surface area contributed by atoms with E-state index in [1.54, 1.807) is 18.5 Å². The lowest BCUT2D eigenvalue weighted by molar-refractivity contribution is 1.17. The molecule has 3 aromatic rings. The zero-order valence-electron chi connectivity index (χ0n) is 9.50. The Bertz CT molecular complexity index is 718. The fraction of sp³-hybridized carbons (Fsp3) is 0. The van der Waals surface area contributed by atoms with Gasteiger partial charge >= 0.3 is 0 Å². The summed E-state index contributed by atoms with van der Waals surface area (Å²) in [7, 11) is 0.